The number of hydrogen-bond acceptors (Lipinski definition) is 7. The quantitative estimate of drug-likeness (QED) is 0.187. The molecule has 0 heterocycles. The number of phenolic OH excluding ortho intramolecular Hbond substituents is 1. The van der Waals surface area contributed by atoms with Crippen molar-refractivity contribution in [3.05, 3.63) is 95.1 Å². The second-order valence-corrected chi connectivity index (χ2v) is 9.86. The molecule has 0 spiro atoms. The van der Waals surface area contributed by atoms with E-state index in [0.29, 0.717) is 17.5 Å². The number of carbonyl (C=O) groups excluding carboxylic acids is 1. The molecule has 2 atom stereocenters. The minimum Gasteiger partial charge on any atom is -0.550 e. The first-order chi connectivity index (χ1) is 16.1. The van der Waals surface area contributed by atoms with Gasteiger partial charge in [-0.15, -0.1) is 0 Å². The predicted octanol–water partition coefficient (Wildman–Crippen LogP) is -1.33. The van der Waals surface area contributed by atoms with Crippen LogP contribution in [-0.2, 0) is 27.7 Å². The topological polar surface area (TPSA) is 139 Å². The Kier molecular flexibility index (Phi) is 10.8. The van der Waals surface area contributed by atoms with Crippen LogP contribution in [0.15, 0.2) is 72.8 Å². The fourth-order valence-corrected chi connectivity index (χ4v) is 4.17. The van der Waals surface area contributed by atoms with E-state index in [0.717, 1.165) is 17.4 Å². The van der Waals surface area contributed by atoms with E-state index >= 15 is 0 Å². The van der Waals surface area contributed by atoms with Crippen molar-refractivity contribution in [3.63, 3.8) is 0 Å². The zero-order valence-electron chi connectivity index (χ0n) is 19.6. The molecule has 0 aliphatic rings. The number of rotatable bonds is 11. The molecule has 180 valence electrons. The largest absolute Gasteiger partial charge is 1.00 e. The van der Waals surface area contributed by atoms with Crippen LogP contribution in [0.5, 0.6) is 5.75 Å². The molecule has 0 radical (unpaired) electrons. The molecule has 0 bridgehead atoms. The summed E-state index contributed by atoms with van der Waals surface area (Å²) in [5.41, 5.74) is 3.06. The Bertz CT molecular complexity index is 1220. The molecule has 0 saturated heterocycles. The normalized spacial score (nSPS) is 12.9. The van der Waals surface area contributed by atoms with E-state index in [-0.39, 0.29) is 60.0 Å². The third-order valence-electron chi connectivity index (χ3n) is 5.27. The van der Waals surface area contributed by atoms with Gasteiger partial charge in [-0.1, -0.05) is 60.7 Å². The number of nitrogens with one attached hydrogen (secondary N) is 2. The Morgan fingerprint density at radius 2 is 1.60 bits per heavy atom. The number of aromatic hydroxyl groups is 1. The van der Waals surface area contributed by atoms with Gasteiger partial charge in [-0.3, -0.25) is 4.72 Å². The first-order valence-corrected chi connectivity index (χ1v) is 12.5. The van der Waals surface area contributed by atoms with Crippen LogP contribution in [0.3, 0.4) is 0 Å². The van der Waals surface area contributed by atoms with E-state index in [4.69, 9.17) is 0 Å². The van der Waals surface area contributed by atoms with Crippen molar-refractivity contribution in [1.82, 2.24) is 5.32 Å². The molecule has 0 aromatic heterocycles. The average molecular weight is 507 g/mol. The van der Waals surface area contributed by atoms with E-state index in [2.05, 4.69) is 10.0 Å². The number of phenols is 1. The van der Waals surface area contributed by atoms with E-state index in [1.807, 2.05) is 42.5 Å². The van der Waals surface area contributed by atoms with Gasteiger partial charge in [-0.25, -0.2) is 8.42 Å². The SMILES string of the molecule is CS(=O)(=O)Nc1cc(C(O)CN[C@@H](Cc2ccccc2)c2ccc(CC(=O)[O-])cc2)ccc1O.[Na+]. The molecule has 0 aliphatic heterocycles. The van der Waals surface area contributed by atoms with Crippen LogP contribution in [0.1, 0.15) is 34.4 Å². The Morgan fingerprint density at radius 1 is 0.971 bits per heavy atom. The zero-order chi connectivity index (χ0) is 24.7. The number of carboxylic acids is 1. The molecular formula is C25H27N2NaO6S. The van der Waals surface area contributed by atoms with Gasteiger partial charge in [0.05, 0.1) is 18.0 Å². The molecule has 1 unspecified atom stereocenters. The minimum absolute atomic E-state index is 0. The summed E-state index contributed by atoms with van der Waals surface area (Å²) in [6, 6.07) is 21.0. The number of carbonyl (C=O) groups is 1. The summed E-state index contributed by atoms with van der Waals surface area (Å²) in [7, 11) is -3.60. The second kappa shape index (κ2) is 13.1. The molecular weight excluding hydrogens is 479 g/mol. The number of aliphatic hydroxyl groups is 1. The summed E-state index contributed by atoms with van der Waals surface area (Å²) < 4.78 is 25.3. The maximum absolute atomic E-state index is 11.5. The number of sulfonamides is 1. The first kappa shape index (κ1) is 28.8. The van der Waals surface area contributed by atoms with Crippen LogP contribution in [-0.4, -0.2) is 37.4 Å². The van der Waals surface area contributed by atoms with E-state index in [9.17, 15) is 28.5 Å². The Hall–Kier alpha value is -2.40. The van der Waals surface area contributed by atoms with Crippen molar-refractivity contribution in [1.29, 1.82) is 0 Å². The molecule has 3 aromatic rings. The van der Waals surface area contributed by atoms with Gasteiger partial charge in [0.25, 0.3) is 0 Å². The van der Waals surface area contributed by atoms with Crippen molar-refractivity contribution < 1.29 is 58.1 Å². The van der Waals surface area contributed by atoms with Crippen molar-refractivity contribution >= 4 is 21.7 Å². The van der Waals surface area contributed by atoms with Gasteiger partial charge in [0, 0.05) is 25.0 Å². The maximum Gasteiger partial charge on any atom is 1.00 e. The number of benzene rings is 3. The summed E-state index contributed by atoms with van der Waals surface area (Å²) in [6.07, 6.45) is 0.463. The molecule has 4 N–H and O–H groups in total. The summed E-state index contributed by atoms with van der Waals surface area (Å²) >= 11 is 0. The van der Waals surface area contributed by atoms with Gasteiger partial charge in [0.1, 0.15) is 5.75 Å². The maximum atomic E-state index is 11.5. The van der Waals surface area contributed by atoms with Crippen molar-refractivity contribution in [2.45, 2.75) is 25.0 Å². The number of carboxylic acid groups (broad SMARTS) is 1. The fourth-order valence-electron chi connectivity index (χ4n) is 3.61. The van der Waals surface area contributed by atoms with Crippen LogP contribution < -0.4 is 44.7 Å². The molecule has 10 heteroatoms. The summed E-state index contributed by atoms with van der Waals surface area (Å²) in [5, 5.41) is 34.9. The average Bonchev–Trinajstić information content (AvgIpc) is 2.78. The minimum atomic E-state index is -3.60. The van der Waals surface area contributed by atoms with E-state index in [1.54, 1.807) is 12.1 Å². The number of aliphatic hydroxyl groups excluding tert-OH is 1. The molecule has 0 aliphatic carbocycles. The number of aliphatic carboxylic acids is 1. The van der Waals surface area contributed by atoms with Gasteiger partial charge in [0.2, 0.25) is 10.0 Å². The van der Waals surface area contributed by atoms with Crippen molar-refractivity contribution in [3.8, 4) is 5.75 Å². The first-order valence-electron chi connectivity index (χ1n) is 10.7. The molecule has 35 heavy (non-hydrogen) atoms. The summed E-state index contributed by atoms with van der Waals surface area (Å²) in [5.74, 6) is -1.39. The number of hydrogen-bond donors (Lipinski definition) is 4. The molecule has 0 fully saturated rings. The number of anilines is 1. The Labute approximate surface area is 227 Å². The van der Waals surface area contributed by atoms with Gasteiger partial charge in [-0.2, -0.15) is 0 Å². The Morgan fingerprint density at radius 3 is 2.20 bits per heavy atom. The van der Waals surface area contributed by atoms with Crippen LogP contribution in [0.2, 0.25) is 0 Å². The van der Waals surface area contributed by atoms with Gasteiger partial charge in [-0.05, 0) is 40.8 Å². The second-order valence-electron chi connectivity index (χ2n) is 8.11. The molecule has 3 aromatic carbocycles. The van der Waals surface area contributed by atoms with E-state index < -0.39 is 22.1 Å². The zero-order valence-corrected chi connectivity index (χ0v) is 22.5. The van der Waals surface area contributed by atoms with Crippen molar-refractivity contribution in [2.75, 3.05) is 17.5 Å². The monoisotopic (exact) mass is 506 g/mol. The molecule has 3 rings (SSSR count). The van der Waals surface area contributed by atoms with Crippen LogP contribution >= 0.6 is 0 Å². The third-order valence-corrected chi connectivity index (χ3v) is 5.86. The Balaban J connectivity index is 0.00000432. The third kappa shape index (κ3) is 9.29. The van der Waals surface area contributed by atoms with Crippen molar-refractivity contribution in [2.24, 2.45) is 0 Å². The standard InChI is InChI=1S/C25H28N2O6S.Na/c1-34(32,33)27-22-15-20(11-12-23(22)28)24(29)16-26-21(13-17-5-3-2-4-6-17)19-9-7-18(8-10-19)14-25(30)31;/h2-12,15,21,24,26-29H,13-14,16H2,1H3,(H,30,31);/q;+1/p-1/t21-,24?;/m0./s1. The molecule has 0 saturated carbocycles. The summed E-state index contributed by atoms with van der Waals surface area (Å²) in [4.78, 5) is 10.9. The van der Waals surface area contributed by atoms with Gasteiger partial charge in [0.15, 0.2) is 0 Å². The predicted molar refractivity (Wildman–Crippen MR) is 128 cm³/mol. The molecule has 8 nitrogen and oxygen atoms in total. The van der Waals surface area contributed by atoms with Crippen LogP contribution in [0, 0.1) is 0 Å². The summed E-state index contributed by atoms with van der Waals surface area (Å²) in [6.45, 7) is 0.154. The smallest absolute Gasteiger partial charge is 0.550 e. The van der Waals surface area contributed by atoms with Gasteiger partial charge < -0.3 is 25.4 Å². The van der Waals surface area contributed by atoms with Crippen LogP contribution in [0.4, 0.5) is 5.69 Å². The van der Waals surface area contributed by atoms with E-state index in [1.165, 1.54) is 18.2 Å². The van der Waals surface area contributed by atoms with Gasteiger partial charge >= 0.3 is 29.6 Å². The fraction of sp³-hybridized carbons (Fsp3) is 0.240. The van der Waals surface area contributed by atoms with Crippen LogP contribution in [0.25, 0.3) is 0 Å². The molecule has 0 amide bonds.